The van der Waals surface area contributed by atoms with Gasteiger partial charge in [0.1, 0.15) is 5.82 Å². The van der Waals surface area contributed by atoms with Crippen molar-refractivity contribution >= 4 is 43.4 Å². The van der Waals surface area contributed by atoms with E-state index in [0.29, 0.717) is 0 Å². The summed E-state index contributed by atoms with van der Waals surface area (Å²) in [5.74, 6) is 0.950. The van der Waals surface area contributed by atoms with Crippen molar-refractivity contribution in [3.63, 3.8) is 0 Å². The van der Waals surface area contributed by atoms with Gasteiger partial charge < -0.3 is 0 Å². The van der Waals surface area contributed by atoms with Crippen LogP contribution in [0.2, 0.25) is 0 Å². The number of hydrogen-bond acceptors (Lipinski definition) is 1. The fourth-order valence-electron chi connectivity index (χ4n) is 6.60. The Balaban J connectivity index is 1.07. The third-order valence-corrected chi connectivity index (χ3v) is 8.93. The van der Waals surface area contributed by atoms with Crippen LogP contribution in [0.5, 0.6) is 0 Å². The van der Waals surface area contributed by atoms with Crippen LogP contribution >= 0.6 is 0 Å². The minimum Gasteiger partial charge on any atom is -0.292 e. The normalized spacial score (nSPS) is 11.6. The Labute approximate surface area is 261 Å². The van der Waals surface area contributed by atoms with Gasteiger partial charge in [-0.25, -0.2) is 4.98 Å². The molecule has 0 aliphatic heterocycles. The monoisotopic (exact) mass is 572 g/mol. The quantitative estimate of drug-likeness (QED) is 0.205. The lowest BCUT2D eigenvalue weighted by Gasteiger charge is -2.11. The average Bonchev–Trinajstić information content (AvgIpc) is 3.51. The lowest BCUT2D eigenvalue weighted by Crippen LogP contribution is -1.97. The molecular weight excluding hydrogens is 544 g/mol. The molecule has 0 spiro atoms. The van der Waals surface area contributed by atoms with Gasteiger partial charge in [0.05, 0.1) is 11.0 Å². The van der Waals surface area contributed by atoms with Crippen LogP contribution in [0.25, 0.3) is 82.7 Å². The molecule has 2 heteroatoms. The van der Waals surface area contributed by atoms with E-state index < -0.39 is 0 Å². The number of benzene rings is 8. The third-order valence-electron chi connectivity index (χ3n) is 8.93. The van der Waals surface area contributed by atoms with Crippen molar-refractivity contribution in [1.82, 2.24) is 9.55 Å². The van der Waals surface area contributed by atoms with Crippen molar-refractivity contribution in [2.24, 2.45) is 0 Å². The van der Waals surface area contributed by atoms with Crippen molar-refractivity contribution in [1.29, 1.82) is 0 Å². The average molecular weight is 573 g/mol. The number of imidazole rings is 1. The van der Waals surface area contributed by atoms with Crippen LogP contribution < -0.4 is 0 Å². The summed E-state index contributed by atoms with van der Waals surface area (Å²) >= 11 is 0. The summed E-state index contributed by atoms with van der Waals surface area (Å²) in [7, 11) is 0. The van der Waals surface area contributed by atoms with E-state index in [1.165, 1.54) is 54.6 Å². The molecule has 1 heterocycles. The molecule has 1 aromatic heterocycles. The summed E-state index contributed by atoms with van der Waals surface area (Å²) in [4.78, 5) is 5.06. The number of hydrogen-bond donors (Lipinski definition) is 0. The maximum atomic E-state index is 5.06. The van der Waals surface area contributed by atoms with Gasteiger partial charge in [-0.3, -0.25) is 4.57 Å². The van der Waals surface area contributed by atoms with Crippen LogP contribution in [0.1, 0.15) is 0 Å². The molecule has 0 atom stereocenters. The first-order valence-electron chi connectivity index (χ1n) is 15.4. The molecule has 0 bridgehead atoms. The second-order valence-electron chi connectivity index (χ2n) is 11.7. The predicted molar refractivity (Wildman–Crippen MR) is 190 cm³/mol. The van der Waals surface area contributed by atoms with Gasteiger partial charge in [-0.15, -0.1) is 0 Å². The van der Waals surface area contributed by atoms with Crippen molar-refractivity contribution in [2.75, 3.05) is 0 Å². The third kappa shape index (κ3) is 4.47. The molecule has 2 nitrogen and oxygen atoms in total. The largest absolute Gasteiger partial charge is 0.292 e. The Morgan fingerprint density at radius 2 is 0.756 bits per heavy atom. The van der Waals surface area contributed by atoms with Gasteiger partial charge in [0.25, 0.3) is 0 Å². The second-order valence-corrected chi connectivity index (χ2v) is 11.7. The van der Waals surface area contributed by atoms with Gasteiger partial charge in [0.15, 0.2) is 0 Å². The molecule has 8 aromatic carbocycles. The number of nitrogens with zero attached hydrogens (tertiary/aromatic N) is 2. The Hall–Kier alpha value is -5.99. The maximum Gasteiger partial charge on any atom is 0.145 e. The van der Waals surface area contributed by atoms with E-state index in [-0.39, 0.29) is 0 Å². The Kier molecular flexibility index (Phi) is 5.85. The van der Waals surface area contributed by atoms with Crippen LogP contribution in [0.3, 0.4) is 0 Å². The minimum absolute atomic E-state index is 0.950. The number of rotatable bonds is 4. The molecule has 0 amide bonds. The lowest BCUT2D eigenvalue weighted by atomic mass is 9.95. The summed E-state index contributed by atoms with van der Waals surface area (Å²) in [5, 5.41) is 7.44. The Morgan fingerprint density at radius 1 is 0.333 bits per heavy atom. The topological polar surface area (TPSA) is 17.8 Å². The first-order valence-corrected chi connectivity index (χ1v) is 15.4. The highest BCUT2D eigenvalue weighted by Crippen LogP contribution is 2.34. The fraction of sp³-hybridized carbons (Fsp3) is 0. The van der Waals surface area contributed by atoms with E-state index in [4.69, 9.17) is 4.98 Å². The van der Waals surface area contributed by atoms with Crippen LogP contribution in [0, 0.1) is 0 Å². The van der Waals surface area contributed by atoms with Gasteiger partial charge in [0, 0.05) is 11.3 Å². The molecule has 45 heavy (non-hydrogen) atoms. The van der Waals surface area contributed by atoms with E-state index in [1.54, 1.807) is 0 Å². The molecule has 9 aromatic rings. The van der Waals surface area contributed by atoms with E-state index in [9.17, 15) is 0 Å². The molecule has 0 N–H and O–H groups in total. The summed E-state index contributed by atoms with van der Waals surface area (Å²) in [5.41, 5.74) is 9.23. The van der Waals surface area contributed by atoms with Crippen LogP contribution in [-0.2, 0) is 0 Å². The summed E-state index contributed by atoms with van der Waals surface area (Å²) < 4.78 is 2.26. The molecule has 9 rings (SSSR count). The minimum atomic E-state index is 0.950. The smallest absolute Gasteiger partial charge is 0.145 e. The zero-order valence-corrected chi connectivity index (χ0v) is 24.6. The summed E-state index contributed by atoms with van der Waals surface area (Å²) in [6.07, 6.45) is 0. The van der Waals surface area contributed by atoms with E-state index in [2.05, 4.69) is 168 Å². The summed E-state index contributed by atoms with van der Waals surface area (Å²) in [6.45, 7) is 0. The number of fused-ring (bicyclic) bond motifs is 4. The molecule has 0 unspecified atom stereocenters. The highest BCUT2D eigenvalue weighted by atomic mass is 15.1. The van der Waals surface area contributed by atoms with E-state index in [1.807, 2.05) is 6.07 Å². The van der Waals surface area contributed by atoms with Crippen molar-refractivity contribution < 1.29 is 0 Å². The van der Waals surface area contributed by atoms with E-state index >= 15 is 0 Å². The molecule has 0 fully saturated rings. The van der Waals surface area contributed by atoms with Gasteiger partial charge >= 0.3 is 0 Å². The van der Waals surface area contributed by atoms with Crippen LogP contribution in [-0.4, -0.2) is 9.55 Å². The molecule has 0 aliphatic carbocycles. The second kappa shape index (κ2) is 10.3. The summed E-state index contributed by atoms with van der Waals surface area (Å²) in [6, 6.07) is 61.1. The van der Waals surface area contributed by atoms with Crippen molar-refractivity contribution in [3.05, 3.63) is 170 Å². The van der Waals surface area contributed by atoms with Gasteiger partial charge in [-0.2, -0.15) is 0 Å². The molecular formula is C43H28N2. The van der Waals surface area contributed by atoms with Crippen molar-refractivity contribution in [2.45, 2.75) is 0 Å². The standard InChI is InChI=1S/C43H28N2/c1-2-10-40(11-3-1)45-42-13-7-6-12-41(42)44-43(45)39-23-22-37-27-36(20-21-38(37)28-39)35-19-18-33-25-32(16-17-34(33)26-35)31-15-14-29-8-4-5-9-30(29)24-31/h1-28H. The molecule has 0 saturated heterocycles. The van der Waals surface area contributed by atoms with Gasteiger partial charge in [0.2, 0.25) is 0 Å². The maximum absolute atomic E-state index is 5.06. The van der Waals surface area contributed by atoms with Gasteiger partial charge in [-0.05, 0) is 109 Å². The first-order chi connectivity index (χ1) is 22.3. The predicted octanol–water partition coefficient (Wildman–Crippen LogP) is 11.5. The first kappa shape index (κ1) is 25.5. The molecule has 210 valence electrons. The van der Waals surface area contributed by atoms with E-state index in [0.717, 1.165) is 28.1 Å². The highest BCUT2D eigenvalue weighted by molar-refractivity contribution is 5.95. The molecule has 0 aliphatic rings. The van der Waals surface area contributed by atoms with Crippen LogP contribution in [0.4, 0.5) is 0 Å². The molecule has 0 saturated carbocycles. The SMILES string of the molecule is c1ccc(-n2c(-c3ccc4cc(-c5ccc6cc(-c7ccc8ccccc8c7)ccc6c5)ccc4c3)nc3ccccc32)cc1. The Bertz CT molecular complexity index is 2540. The van der Waals surface area contributed by atoms with Crippen molar-refractivity contribution in [3.8, 4) is 39.3 Å². The highest BCUT2D eigenvalue weighted by Gasteiger charge is 2.15. The zero-order chi connectivity index (χ0) is 29.7. The number of para-hydroxylation sites is 3. The molecule has 0 radical (unpaired) electrons. The number of aromatic nitrogens is 2. The zero-order valence-electron chi connectivity index (χ0n) is 24.6. The van der Waals surface area contributed by atoms with Gasteiger partial charge in [-0.1, -0.05) is 115 Å². The van der Waals surface area contributed by atoms with Crippen LogP contribution in [0.15, 0.2) is 170 Å². The Morgan fingerprint density at radius 3 is 1.36 bits per heavy atom. The lowest BCUT2D eigenvalue weighted by molar-refractivity contribution is 1.10. The fourth-order valence-corrected chi connectivity index (χ4v) is 6.60.